The Morgan fingerprint density at radius 1 is 1.17 bits per heavy atom. The third-order valence-corrected chi connectivity index (χ3v) is 4.77. The zero-order chi connectivity index (χ0) is 17.5. The molecule has 0 amide bonds. The van der Waals surface area contributed by atoms with E-state index in [1.165, 1.54) is 16.1 Å². The molecule has 6 heteroatoms. The fourth-order valence-electron chi connectivity index (χ4n) is 2.19. The maximum atomic E-state index is 4.66. The molecular formula is C18H27N5S. The standard InChI is InChI=1S/C18H27N5S/c1-6-19-18(21-12-17-22-13(2)14(3)24-17)20-11-15-7-9-16(10-8-15)23(4)5/h7-10H,6,11-12H2,1-5H3,(H2,19,20,21). The van der Waals surface area contributed by atoms with E-state index in [0.717, 1.165) is 23.2 Å². The summed E-state index contributed by atoms with van der Waals surface area (Å²) in [5.41, 5.74) is 3.50. The normalized spacial score (nSPS) is 11.5. The number of aliphatic imine (C=N–C) groups is 1. The van der Waals surface area contributed by atoms with E-state index in [-0.39, 0.29) is 0 Å². The summed E-state index contributed by atoms with van der Waals surface area (Å²) in [6.07, 6.45) is 0. The van der Waals surface area contributed by atoms with Crippen molar-refractivity contribution in [2.24, 2.45) is 4.99 Å². The number of nitrogens with one attached hydrogen (secondary N) is 2. The van der Waals surface area contributed by atoms with Crippen LogP contribution in [0.2, 0.25) is 0 Å². The predicted molar refractivity (Wildman–Crippen MR) is 104 cm³/mol. The number of hydrogen-bond acceptors (Lipinski definition) is 4. The Labute approximate surface area is 148 Å². The van der Waals surface area contributed by atoms with Gasteiger partial charge in [-0.25, -0.2) is 9.98 Å². The van der Waals surface area contributed by atoms with Crippen LogP contribution in [0, 0.1) is 13.8 Å². The first-order valence-corrected chi connectivity index (χ1v) is 9.02. The van der Waals surface area contributed by atoms with E-state index in [4.69, 9.17) is 0 Å². The van der Waals surface area contributed by atoms with Gasteiger partial charge >= 0.3 is 0 Å². The van der Waals surface area contributed by atoms with Gasteiger partial charge in [-0.3, -0.25) is 0 Å². The van der Waals surface area contributed by atoms with Crippen molar-refractivity contribution in [2.75, 3.05) is 25.5 Å². The molecule has 2 aromatic rings. The van der Waals surface area contributed by atoms with Crippen LogP contribution in [0.15, 0.2) is 29.3 Å². The van der Waals surface area contributed by atoms with Crippen molar-refractivity contribution >= 4 is 23.0 Å². The monoisotopic (exact) mass is 345 g/mol. The van der Waals surface area contributed by atoms with Crippen molar-refractivity contribution in [3.63, 3.8) is 0 Å². The quantitative estimate of drug-likeness (QED) is 0.624. The molecular weight excluding hydrogens is 318 g/mol. The lowest BCUT2D eigenvalue weighted by molar-refractivity contribution is 0.809. The maximum Gasteiger partial charge on any atom is 0.191 e. The average molecular weight is 346 g/mol. The van der Waals surface area contributed by atoms with Crippen LogP contribution in [0.1, 0.15) is 28.1 Å². The van der Waals surface area contributed by atoms with Crippen molar-refractivity contribution in [3.8, 4) is 0 Å². The van der Waals surface area contributed by atoms with E-state index in [1.807, 2.05) is 21.0 Å². The summed E-state index contributed by atoms with van der Waals surface area (Å²) < 4.78 is 0. The zero-order valence-corrected chi connectivity index (χ0v) is 16.0. The van der Waals surface area contributed by atoms with Gasteiger partial charge in [0.05, 0.1) is 18.8 Å². The first-order valence-electron chi connectivity index (χ1n) is 8.21. The fraction of sp³-hybridized carbons (Fsp3) is 0.444. The number of aryl methyl sites for hydroxylation is 2. The minimum Gasteiger partial charge on any atom is -0.378 e. The predicted octanol–water partition coefficient (Wildman–Crippen LogP) is 3.08. The minimum absolute atomic E-state index is 0.652. The lowest BCUT2D eigenvalue weighted by Crippen LogP contribution is -2.36. The number of benzene rings is 1. The van der Waals surface area contributed by atoms with E-state index in [2.05, 4.69) is 63.6 Å². The molecule has 1 aromatic carbocycles. The van der Waals surface area contributed by atoms with Crippen LogP contribution in [0.25, 0.3) is 0 Å². The van der Waals surface area contributed by atoms with Crippen LogP contribution in [0.5, 0.6) is 0 Å². The second kappa shape index (κ2) is 8.68. The second-order valence-electron chi connectivity index (χ2n) is 5.86. The minimum atomic E-state index is 0.652. The van der Waals surface area contributed by atoms with Gasteiger partial charge in [-0.15, -0.1) is 11.3 Å². The summed E-state index contributed by atoms with van der Waals surface area (Å²) in [6, 6.07) is 8.48. The molecule has 24 heavy (non-hydrogen) atoms. The molecule has 130 valence electrons. The fourth-order valence-corrected chi connectivity index (χ4v) is 3.06. The van der Waals surface area contributed by atoms with Crippen LogP contribution in [-0.4, -0.2) is 31.6 Å². The second-order valence-corrected chi connectivity index (χ2v) is 7.15. The molecule has 0 aliphatic carbocycles. The largest absolute Gasteiger partial charge is 0.378 e. The molecule has 0 saturated carbocycles. The molecule has 5 nitrogen and oxygen atoms in total. The molecule has 0 bridgehead atoms. The Kier molecular flexibility index (Phi) is 6.61. The lowest BCUT2D eigenvalue weighted by atomic mass is 10.2. The lowest BCUT2D eigenvalue weighted by Gasteiger charge is -2.13. The van der Waals surface area contributed by atoms with Gasteiger partial charge < -0.3 is 15.5 Å². The van der Waals surface area contributed by atoms with E-state index in [0.29, 0.717) is 13.1 Å². The Bertz CT molecular complexity index is 654. The van der Waals surface area contributed by atoms with Gasteiger partial charge in [-0.2, -0.15) is 0 Å². The molecule has 0 saturated heterocycles. The molecule has 0 aliphatic heterocycles. The summed E-state index contributed by atoms with van der Waals surface area (Å²) in [5, 5.41) is 7.73. The number of rotatable bonds is 6. The summed E-state index contributed by atoms with van der Waals surface area (Å²) >= 11 is 1.73. The Hall–Kier alpha value is -2.08. The van der Waals surface area contributed by atoms with E-state index < -0.39 is 0 Å². The van der Waals surface area contributed by atoms with E-state index in [9.17, 15) is 0 Å². The van der Waals surface area contributed by atoms with Crippen LogP contribution in [0.3, 0.4) is 0 Å². The van der Waals surface area contributed by atoms with Crippen LogP contribution >= 0.6 is 11.3 Å². The molecule has 2 rings (SSSR count). The van der Waals surface area contributed by atoms with Crippen LogP contribution in [-0.2, 0) is 13.1 Å². The topological polar surface area (TPSA) is 52.6 Å². The number of thiazole rings is 1. The van der Waals surface area contributed by atoms with Crippen LogP contribution < -0.4 is 15.5 Å². The molecule has 1 aromatic heterocycles. The van der Waals surface area contributed by atoms with E-state index in [1.54, 1.807) is 11.3 Å². The third kappa shape index (κ3) is 5.23. The SMILES string of the molecule is CCNC(=NCc1ccc(N(C)C)cc1)NCc1nc(C)c(C)s1. The molecule has 0 spiro atoms. The smallest absolute Gasteiger partial charge is 0.191 e. The highest BCUT2D eigenvalue weighted by Crippen LogP contribution is 2.16. The number of aromatic nitrogens is 1. The Morgan fingerprint density at radius 3 is 2.42 bits per heavy atom. The Morgan fingerprint density at radius 2 is 1.88 bits per heavy atom. The van der Waals surface area contributed by atoms with Gasteiger partial charge in [0.25, 0.3) is 0 Å². The molecule has 0 aliphatic rings. The van der Waals surface area contributed by atoms with Gasteiger partial charge in [-0.05, 0) is 38.5 Å². The number of guanidine groups is 1. The van der Waals surface area contributed by atoms with Crippen molar-refractivity contribution in [3.05, 3.63) is 45.4 Å². The van der Waals surface area contributed by atoms with Gasteiger partial charge in [0.2, 0.25) is 0 Å². The van der Waals surface area contributed by atoms with E-state index >= 15 is 0 Å². The average Bonchev–Trinajstić information content (AvgIpc) is 2.88. The van der Waals surface area contributed by atoms with Crippen LogP contribution in [0.4, 0.5) is 5.69 Å². The maximum absolute atomic E-state index is 4.66. The summed E-state index contributed by atoms with van der Waals surface area (Å²) in [4.78, 5) is 12.6. The van der Waals surface area contributed by atoms with Crippen molar-refractivity contribution < 1.29 is 0 Å². The molecule has 0 unspecified atom stereocenters. The summed E-state index contributed by atoms with van der Waals surface area (Å²) in [5.74, 6) is 0.819. The number of nitrogens with zero attached hydrogens (tertiary/aromatic N) is 3. The molecule has 0 atom stereocenters. The Balaban J connectivity index is 1.96. The first-order chi connectivity index (χ1) is 11.5. The third-order valence-electron chi connectivity index (χ3n) is 3.70. The van der Waals surface area contributed by atoms with Gasteiger partial charge in [0, 0.05) is 31.2 Å². The number of hydrogen-bond donors (Lipinski definition) is 2. The molecule has 0 radical (unpaired) electrons. The molecule has 1 heterocycles. The van der Waals surface area contributed by atoms with Gasteiger partial charge in [0.1, 0.15) is 5.01 Å². The van der Waals surface area contributed by atoms with Gasteiger partial charge in [0.15, 0.2) is 5.96 Å². The molecule has 0 fully saturated rings. The summed E-state index contributed by atoms with van der Waals surface area (Å²) in [6.45, 7) is 8.41. The highest BCUT2D eigenvalue weighted by Gasteiger charge is 2.05. The van der Waals surface area contributed by atoms with Crippen molar-refractivity contribution in [1.29, 1.82) is 0 Å². The number of anilines is 1. The van der Waals surface area contributed by atoms with Crippen molar-refractivity contribution in [2.45, 2.75) is 33.9 Å². The van der Waals surface area contributed by atoms with Crippen molar-refractivity contribution in [1.82, 2.24) is 15.6 Å². The molecule has 2 N–H and O–H groups in total. The zero-order valence-electron chi connectivity index (χ0n) is 15.2. The first kappa shape index (κ1) is 18.3. The highest BCUT2D eigenvalue weighted by molar-refractivity contribution is 7.11. The van der Waals surface area contributed by atoms with Gasteiger partial charge in [-0.1, -0.05) is 12.1 Å². The summed E-state index contributed by atoms with van der Waals surface area (Å²) in [7, 11) is 4.09. The highest BCUT2D eigenvalue weighted by atomic mass is 32.1.